The van der Waals surface area contributed by atoms with Crippen LogP contribution in [0.3, 0.4) is 0 Å². The molecular formula is C19H20N8. The van der Waals surface area contributed by atoms with Crippen LogP contribution < -0.4 is 4.90 Å². The van der Waals surface area contributed by atoms with Gasteiger partial charge in [-0.3, -0.25) is 4.68 Å². The van der Waals surface area contributed by atoms with Crippen LogP contribution in [0.4, 0.5) is 5.82 Å². The number of H-pyrrole nitrogens is 1. The predicted molar refractivity (Wildman–Crippen MR) is 102 cm³/mol. The first-order valence-electron chi connectivity index (χ1n) is 9.21. The molecule has 4 aromatic rings. The standard InChI is InChI=1S/C19H20N8/c1-2-6-15(7-3-1)16-11-27(25-24-16)10-14-5-4-8-26(9-14)19-17-18(21-12-20-17)22-13-23-19/h1-3,6-7,11-14H,4-5,8-10H2,(H,20,21,22,23)/t14-/m1/s1. The maximum absolute atomic E-state index is 4.50. The highest BCUT2D eigenvalue weighted by molar-refractivity contribution is 5.82. The van der Waals surface area contributed by atoms with E-state index in [1.807, 2.05) is 29.1 Å². The van der Waals surface area contributed by atoms with Crippen molar-refractivity contribution in [2.24, 2.45) is 5.92 Å². The lowest BCUT2D eigenvalue weighted by Gasteiger charge is -2.33. The first-order chi connectivity index (χ1) is 13.4. The van der Waals surface area contributed by atoms with E-state index in [2.05, 4.69) is 47.3 Å². The largest absolute Gasteiger partial charge is 0.354 e. The number of hydrogen-bond donors (Lipinski definition) is 1. The minimum Gasteiger partial charge on any atom is -0.354 e. The number of hydrogen-bond acceptors (Lipinski definition) is 6. The van der Waals surface area contributed by atoms with E-state index >= 15 is 0 Å². The highest BCUT2D eigenvalue weighted by Gasteiger charge is 2.24. The zero-order valence-corrected chi connectivity index (χ0v) is 14.9. The van der Waals surface area contributed by atoms with E-state index in [-0.39, 0.29) is 0 Å². The summed E-state index contributed by atoms with van der Waals surface area (Å²) in [4.78, 5) is 18.4. The van der Waals surface area contributed by atoms with Crippen molar-refractivity contribution >= 4 is 17.0 Å². The molecule has 27 heavy (non-hydrogen) atoms. The Morgan fingerprint density at radius 1 is 1.11 bits per heavy atom. The Hall–Kier alpha value is -3.29. The van der Waals surface area contributed by atoms with Crippen molar-refractivity contribution in [2.75, 3.05) is 18.0 Å². The molecule has 0 radical (unpaired) electrons. The average Bonchev–Trinajstić information content (AvgIpc) is 3.38. The summed E-state index contributed by atoms with van der Waals surface area (Å²) in [7, 11) is 0. The van der Waals surface area contributed by atoms with E-state index in [4.69, 9.17) is 0 Å². The molecule has 1 aliphatic rings. The van der Waals surface area contributed by atoms with Crippen molar-refractivity contribution in [1.29, 1.82) is 0 Å². The number of rotatable bonds is 4. The lowest BCUT2D eigenvalue weighted by Crippen LogP contribution is -2.37. The molecule has 0 unspecified atom stereocenters. The van der Waals surface area contributed by atoms with Gasteiger partial charge in [0, 0.05) is 25.2 Å². The van der Waals surface area contributed by atoms with Gasteiger partial charge in [-0.15, -0.1) is 5.10 Å². The minimum atomic E-state index is 0.497. The zero-order chi connectivity index (χ0) is 18.1. The number of benzene rings is 1. The van der Waals surface area contributed by atoms with Gasteiger partial charge in [0.15, 0.2) is 11.5 Å². The third-order valence-electron chi connectivity index (χ3n) is 5.07. The van der Waals surface area contributed by atoms with Crippen molar-refractivity contribution < 1.29 is 0 Å². The van der Waals surface area contributed by atoms with E-state index < -0.39 is 0 Å². The summed E-state index contributed by atoms with van der Waals surface area (Å²) >= 11 is 0. The van der Waals surface area contributed by atoms with Gasteiger partial charge in [-0.1, -0.05) is 35.5 Å². The summed E-state index contributed by atoms with van der Waals surface area (Å²) in [5.74, 6) is 1.43. The zero-order valence-electron chi connectivity index (χ0n) is 14.9. The summed E-state index contributed by atoms with van der Waals surface area (Å²) in [6, 6.07) is 10.2. The van der Waals surface area contributed by atoms with Crippen LogP contribution in [-0.4, -0.2) is 48.0 Å². The second kappa shape index (κ2) is 6.79. The fraction of sp³-hybridized carbons (Fsp3) is 0.316. The van der Waals surface area contributed by atoms with Crippen molar-refractivity contribution in [3.63, 3.8) is 0 Å². The molecule has 8 nitrogen and oxygen atoms in total. The Kier molecular flexibility index (Phi) is 4.00. The van der Waals surface area contributed by atoms with Crippen LogP contribution in [0.1, 0.15) is 12.8 Å². The number of aromatic nitrogens is 7. The third-order valence-corrected chi connectivity index (χ3v) is 5.07. The predicted octanol–water partition coefficient (Wildman–Crippen LogP) is 2.53. The molecule has 1 N–H and O–H groups in total. The Labute approximate surface area is 156 Å². The van der Waals surface area contributed by atoms with Gasteiger partial charge in [0.25, 0.3) is 0 Å². The molecule has 5 rings (SSSR count). The van der Waals surface area contributed by atoms with Crippen molar-refractivity contribution in [2.45, 2.75) is 19.4 Å². The molecule has 136 valence electrons. The molecule has 1 fully saturated rings. The van der Waals surface area contributed by atoms with Crippen LogP contribution in [0.5, 0.6) is 0 Å². The maximum atomic E-state index is 4.50. The summed E-state index contributed by atoms with van der Waals surface area (Å²) < 4.78 is 1.96. The van der Waals surface area contributed by atoms with Gasteiger partial charge in [0.1, 0.15) is 17.5 Å². The molecule has 0 saturated carbocycles. The molecule has 0 aliphatic carbocycles. The molecular weight excluding hydrogens is 340 g/mol. The van der Waals surface area contributed by atoms with Crippen LogP contribution in [-0.2, 0) is 6.54 Å². The van der Waals surface area contributed by atoms with Crippen LogP contribution in [0, 0.1) is 5.92 Å². The monoisotopic (exact) mass is 360 g/mol. The van der Waals surface area contributed by atoms with Gasteiger partial charge in [-0.2, -0.15) is 0 Å². The molecule has 0 amide bonds. The Morgan fingerprint density at radius 2 is 2.04 bits per heavy atom. The Balaban J connectivity index is 1.32. The van der Waals surface area contributed by atoms with Gasteiger partial charge < -0.3 is 9.88 Å². The van der Waals surface area contributed by atoms with Gasteiger partial charge in [0.05, 0.1) is 12.5 Å². The Bertz CT molecular complexity index is 1040. The van der Waals surface area contributed by atoms with Crippen LogP contribution in [0.25, 0.3) is 22.4 Å². The van der Waals surface area contributed by atoms with Crippen molar-refractivity contribution in [3.05, 3.63) is 49.2 Å². The Morgan fingerprint density at radius 3 is 2.96 bits per heavy atom. The maximum Gasteiger partial charge on any atom is 0.182 e. The summed E-state index contributed by atoms with van der Waals surface area (Å²) in [5, 5.41) is 8.66. The number of piperidine rings is 1. The molecule has 1 saturated heterocycles. The quantitative estimate of drug-likeness (QED) is 0.602. The molecule has 1 atom stereocenters. The average molecular weight is 360 g/mol. The first kappa shape index (κ1) is 15.9. The number of aromatic amines is 1. The van der Waals surface area contributed by atoms with Gasteiger partial charge in [-0.05, 0) is 18.8 Å². The number of imidazole rings is 1. The lowest BCUT2D eigenvalue weighted by atomic mass is 9.98. The highest BCUT2D eigenvalue weighted by atomic mass is 15.4. The second-order valence-corrected chi connectivity index (χ2v) is 6.94. The SMILES string of the molecule is c1ccc(-c2cn(C[C@@H]3CCCN(c4ncnc5nc[nH]c45)C3)nn2)cc1. The number of anilines is 1. The topological polar surface area (TPSA) is 88.4 Å². The highest BCUT2D eigenvalue weighted by Crippen LogP contribution is 2.26. The van der Waals surface area contributed by atoms with E-state index in [0.29, 0.717) is 11.6 Å². The molecule has 8 heteroatoms. The van der Waals surface area contributed by atoms with E-state index in [1.54, 1.807) is 12.7 Å². The molecule has 1 aromatic carbocycles. The third kappa shape index (κ3) is 3.14. The molecule has 4 heterocycles. The van der Waals surface area contributed by atoms with Crippen molar-refractivity contribution in [1.82, 2.24) is 34.9 Å². The van der Waals surface area contributed by atoms with E-state index in [1.165, 1.54) is 6.42 Å². The summed E-state index contributed by atoms with van der Waals surface area (Å²) in [6.45, 7) is 2.79. The van der Waals surface area contributed by atoms with Crippen LogP contribution in [0.2, 0.25) is 0 Å². The number of fused-ring (bicyclic) bond motifs is 1. The molecule has 3 aromatic heterocycles. The van der Waals surface area contributed by atoms with Crippen LogP contribution >= 0.6 is 0 Å². The van der Waals surface area contributed by atoms with Gasteiger partial charge in [-0.25, -0.2) is 15.0 Å². The minimum absolute atomic E-state index is 0.497. The number of nitrogens with one attached hydrogen (secondary N) is 1. The summed E-state index contributed by atoms with van der Waals surface area (Å²) in [6.07, 6.45) is 7.60. The van der Waals surface area contributed by atoms with Crippen LogP contribution in [0.15, 0.2) is 49.2 Å². The smallest absolute Gasteiger partial charge is 0.182 e. The molecule has 0 spiro atoms. The number of nitrogens with zero attached hydrogens (tertiary/aromatic N) is 7. The molecule has 1 aliphatic heterocycles. The fourth-order valence-corrected chi connectivity index (χ4v) is 3.79. The lowest BCUT2D eigenvalue weighted by molar-refractivity contribution is 0.347. The molecule has 0 bridgehead atoms. The van der Waals surface area contributed by atoms with E-state index in [9.17, 15) is 0 Å². The fourth-order valence-electron chi connectivity index (χ4n) is 3.79. The van der Waals surface area contributed by atoms with Gasteiger partial charge in [0.2, 0.25) is 0 Å². The normalized spacial score (nSPS) is 17.5. The first-order valence-corrected chi connectivity index (χ1v) is 9.21. The summed E-state index contributed by atoms with van der Waals surface area (Å²) in [5.41, 5.74) is 3.63. The van der Waals surface area contributed by atoms with Crippen molar-refractivity contribution in [3.8, 4) is 11.3 Å². The van der Waals surface area contributed by atoms with E-state index in [0.717, 1.165) is 48.6 Å². The van der Waals surface area contributed by atoms with Gasteiger partial charge >= 0.3 is 0 Å². The second-order valence-electron chi connectivity index (χ2n) is 6.94.